The molecule has 1 aliphatic heterocycles. The standard InChI is InChI=1S/C22H29N3O4S/c1-17-9-10-21(29-3)20(15-17)23-22(26)18(2)24-11-13-25(14-12-24)30(27,28)16-19-7-5-4-6-8-19/h4-10,15,18H,11-14,16H2,1-3H3,(H,23,26)/t18-/m1/s1. The van der Waals surface area contributed by atoms with E-state index in [1.54, 1.807) is 7.11 Å². The molecule has 0 unspecified atom stereocenters. The molecule has 0 aliphatic carbocycles. The zero-order valence-corrected chi connectivity index (χ0v) is 18.5. The van der Waals surface area contributed by atoms with Crippen molar-refractivity contribution in [3.8, 4) is 5.75 Å². The highest BCUT2D eigenvalue weighted by atomic mass is 32.2. The number of hydrogen-bond acceptors (Lipinski definition) is 5. The molecule has 1 heterocycles. The van der Waals surface area contributed by atoms with Gasteiger partial charge >= 0.3 is 0 Å². The molecule has 3 rings (SSSR count). The second-order valence-corrected chi connectivity index (χ2v) is 9.51. The third kappa shape index (κ3) is 5.38. The Morgan fingerprint density at radius 1 is 1.10 bits per heavy atom. The largest absolute Gasteiger partial charge is 0.495 e. The Morgan fingerprint density at radius 2 is 1.77 bits per heavy atom. The van der Waals surface area contributed by atoms with Crippen molar-refractivity contribution in [3.63, 3.8) is 0 Å². The molecule has 162 valence electrons. The van der Waals surface area contributed by atoms with Gasteiger partial charge in [-0.3, -0.25) is 9.69 Å². The maximum atomic E-state index is 12.8. The van der Waals surface area contributed by atoms with E-state index in [1.807, 2.05) is 67.3 Å². The SMILES string of the molecule is COc1ccc(C)cc1NC(=O)[C@@H](C)N1CCN(S(=O)(=O)Cc2ccccc2)CC1. The normalized spacial score (nSPS) is 16.8. The van der Waals surface area contributed by atoms with Crippen LogP contribution >= 0.6 is 0 Å². The van der Waals surface area contributed by atoms with Crippen molar-refractivity contribution in [3.05, 3.63) is 59.7 Å². The number of carbonyl (C=O) groups excluding carboxylic acids is 1. The molecule has 8 heteroatoms. The van der Waals surface area contributed by atoms with Gasteiger partial charge in [-0.2, -0.15) is 4.31 Å². The first kappa shape index (κ1) is 22.3. The monoisotopic (exact) mass is 431 g/mol. The van der Waals surface area contributed by atoms with Crippen molar-refractivity contribution in [2.24, 2.45) is 0 Å². The number of sulfonamides is 1. The minimum Gasteiger partial charge on any atom is -0.495 e. The Labute approximate surface area is 178 Å². The second kappa shape index (κ2) is 9.59. The van der Waals surface area contributed by atoms with Gasteiger partial charge in [0.05, 0.1) is 24.6 Å². The number of carbonyl (C=O) groups is 1. The van der Waals surface area contributed by atoms with E-state index in [4.69, 9.17) is 4.74 Å². The summed E-state index contributed by atoms with van der Waals surface area (Å²) in [4.78, 5) is 14.8. The highest BCUT2D eigenvalue weighted by Gasteiger charge is 2.31. The minimum absolute atomic E-state index is 0.00294. The summed E-state index contributed by atoms with van der Waals surface area (Å²) >= 11 is 0. The number of ether oxygens (including phenoxy) is 1. The van der Waals surface area contributed by atoms with Crippen molar-refractivity contribution in [1.29, 1.82) is 0 Å². The highest BCUT2D eigenvalue weighted by molar-refractivity contribution is 7.88. The van der Waals surface area contributed by atoms with Crippen molar-refractivity contribution >= 4 is 21.6 Å². The molecule has 0 spiro atoms. The first-order valence-corrected chi connectivity index (χ1v) is 11.6. The number of piperazine rings is 1. The number of anilines is 1. The molecule has 0 radical (unpaired) electrons. The van der Waals surface area contributed by atoms with Gasteiger partial charge in [-0.25, -0.2) is 8.42 Å². The maximum absolute atomic E-state index is 12.8. The fourth-order valence-electron chi connectivity index (χ4n) is 3.57. The van der Waals surface area contributed by atoms with Gasteiger partial charge in [0.1, 0.15) is 5.75 Å². The molecule has 2 aromatic rings. The molecule has 30 heavy (non-hydrogen) atoms. The predicted octanol–water partition coefficient (Wildman–Crippen LogP) is 2.48. The van der Waals surface area contributed by atoms with Gasteiger partial charge in [-0.15, -0.1) is 0 Å². The van der Waals surface area contributed by atoms with Gasteiger partial charge in [-0.05, 0) is 37.1 Å². The minimum atomic E-state index is -3.38. The van der Waals surface area contributed by atoms with E-state index in [9.17, 15) is 13.2 Å². The van der Waals surface area contributed by atoms with E-state index in [-0.39, 0.29) is 17.7 Å². The van der Waals surface area contributed by atoms with Crippen molar-refractivity contribution in [2.45, 2.75) is 25.6 Å². The lowest BCUT2D eigenvalue weighted by Crippen LogP contribution is -2.54. The van der Waals surface area contributed by atoms with E-state index in [0.717, 1.165) is 11.1 Å². The lowest BCUT2D eigenvalue weighted by Gasteiger charge is -2.36. The van der Waals surface area contributed by atoms with Gasteiger partial charge in [-0.1, -0.05) is 36.4 Å². The maximum Gasteiger partial charge on any atom is 0.241 e. The van der Waals surface area contributed by atoms with Crippen molar-refractivity contribution in [2.75, 3.05) is 38.6 Å². The molecular weight excluding hydrogens is 402 g/mol. The van der Waals surface area contributed by atoms with Crippen LogP contribution in [0.15, 0.2) is 48.5 Å². The first-order valence-electron chi connectivity index (χ1n) is 10.0. The second-order valence-electron chi connectivity index (χ2n) is 7.55. The van der Waals surface area contributed by atoms with E-state index < -0.39 is 10.0 Å². The van der Waals surface area contributed by atoms with Crippen LogP contribution in [0.2, 0.25) is 0 Å². The van der Waals surface area contributed by atoms with Crippen LogP contribution in [-0.2, 0) is 20.6 Å². The molecular formula is C22H29N3O4S. The Morgan fingerprint density at radius 3 is 2.40 bits per heavy atom. The topological polar surface area (TPSA) is 79.0 Å². The molecule has 1 saturated heterocycles. The number of rotatable bonds is 7. The number of nitrogens with one attached hydrogen (secondary N) is 1. The summed E-state index contributed by atoms with van der Waals surface area (Å²) < 4.78 is 32.3. The Bertz CT molecular complexity index is 971. The van der Waals surface area contributed by atoms with E-state index in [1.165, 1.54) is 4.31 Å². The molecule has 1 amide bonds. The first-order chi connectivity index (χ1) is 14.3. The Hall–Kier alpha value is -2.42. The molecule has 0 bridgehead atoms. The molecule has 1 fully saturated rings. The van der Waals surface area contributed by atoms with Gasteiger partial charge in [0.15, 0.2) is 0 Å². The van der Waals surface area contributed by atoms with Crippen LogP contribution in [0.25, 0.3) is 0 Å². The van der Waals surface area contributed by atoms with Crippen LogP contribution in [0.5, 0.6) is 5.75 Å². The van der Waals surface area contributed by atoms with Gasteiger partial charge in [0.25, 0.3) is 0 Å². The van der Waals surface area contributed by atoms with Gasteiger partial charge in [0.2, 0.25) is 15.9 Å². The number of nitrogens with zero attached hydrogens (tertiary/aromatic N) is 2. The number of benzene rings is 2. The van der Waals surface area contributed by atoms with Crippen LogP contribution in [0.1, 0.15) is 18.1 Å². The lowest BCUT2D eigenvalue weighted by molar-refractivity contribution is -0.121. The number of hydrogen-bond donors (Lipinski definition) is 1. The summed E-state index contributed by atoms with van der Waals surface area (Å²) in [6.07, 6.45) is 0. The highest BCUT2D eigenvalue weighted by Crippen LogP contribution is 2.25. The summed E-state index contributed by atoms with van der Waals surface area (Å²) in [6, 6.07) is 14.4. The lowest BCUT2D eigenvalue weighted by atomic mass is 10.2. The van der Waals surface area contributed by atoms with Crippen LogP contribution in [0, 0.1) is 6.92 Å². The number of amides is 1. The van der Waals surface area contributed by atoms with E-state index >= 15 is 0 Å². The molecule has 1 aliphatic rings. The smallest absolute Gasteiger partial charge is 0.241 e. The fourth-order valence-corrected chi connectivity index (χ4v) is 5.08. The third-order valence-corrected chi connectivity index (χ3v) is 7.25. The summed E-state index contributed by atoms with van der Waals surface area (Å²) in [5, 5.41) is 2.94. The fraction of sp³-hybridized carbons (Fsp3) is 0.409. The Kier molecular flexibility index (Phi) is 7.12. The summed E-state index contributed by atoms with van der Waals surface area (Å²) in [5.41, 5.74) is 2.44. The number of methoxy groups -OCH3 is 1. The Balaban J connectivity index is 1.58. The van der Waals surface area contributed by atoms with E-state index in [2.05, 4.69) is 5.32 Å². The molecule has 1 atom stereocenters. The van der Waals surface area contributed by atoms with Crippen molar-refractivity contribution < 1.29 is 17.9 Å². The molecule has 7 nitrogen and oxygen atoms in total. The summed E-state index contributed by atoms with van der Waals surface area (Å²) in [7, 11) is -1.81. The van der Waals surface area contributed by atoms with Crippen LogP contribution in [-0.4, -0.2) is 62.9 Å². The van der Waals surface area contributed by atoms with Crippen LogP contribution in [0.3, 0.4) is 0 Å². The molecule has 1 N–H and O–H groups in total. The quantitative estimate of drug-likeness (QED) is 0.729. The van der Waals surface area contributed by atoms with Gasteiger partial charge in [0, 0.05) is 26.2 Å². The molecule has 0 aromatic heterocycles. The third-order valence-electron chi connectivity index (χ3n) is 5.40. The number of aryl methyl sites for hydroxylation is 1. The van der Waals surface area contributed by atoms with Gasteiger partial charge < -0.3 is 10.1 Å². The van der Waals surface area contributed by atoms with Crippen molar-refractivity contribution in [1.82, 2.24) is 9.21 Å². The van der Waals surface area contributed by atoms with E-state index in [0.29, 0.717) is 37.6 Å². The van der Waals surface area contributed by atoms with Crippen LogP contribution in [0.4, 0.5) is 5.69 Å². The zero-order chi connectivity index (χ0) is 21.7. The summed E-state index contributed by atoms with van der Waals surface area (Å²) in [5.74, 6) is 0.467. The average molecular weight is 432 g/mol. The predicted molar refractivity (Wildman–Crippen MR) is 118 cm³/mol. The molecule has 0 saturated carbocycles. The average Bonchev–Trinajstić information content (AvgIpc) is 2.74. The summed E-state index contributed by atoms with van der Waals surface area (Å²) in [6.45, 7) is 5.56. The zero-order valence-electron chi connectivity index (χ0n) is 17.7. The van der Waals surface area contributed by atoms with Crippen LogP contribution < -0.4 is 10.1 Å². The molecule has 2 aromatic carbocycles.